The lowest BCUT2D eigenvalue weighted by Gasteiger charge is -2.27. The molecule has 0 bridgehead atoms. The molecule has 0 spiro atoms. The van der Waals surface area contributed by atoms with E-state index in [9.17, 15) is 9.59 Å². The van der Waals surface area contributed by atoms with Crippen LogP contribution in [0.25, 0.3) is 16.8 Å². The number of aromatic nitrogens is 1. The lowest BCUT2D eigenvalue weighted by Crippen LogP contribution is -2.39. The fraction of sp³-hybridized carbons (Fsp3) is 0.179. The molecule has 0 saturated heterocycles. The number of ether oxygens (including phenoxy) is 2. The van der Waals surface area contributed by atoms with Crippen LogP contribution in [0.5, 0.6) is 11.5 Å². The molecule has 0 aliphatic carbocycles. The molecule has 1 atom stereocenters. The Morgan fingerprint density at radius 2 is 1.81 bits per heavy atom. The summed E-state index contributed by atoms with van der Waals surface area (Å²) in [6.45, 7) is 3.34. The average molecular weight is 563 g/mol. The molecule has 3 aromatic carbocycles. The second-order valence-corrected chi connectivity index (χ2v) is 10.3. The first-order chi connectivity index (χ1) is 17.3. The van der Waals surface area contributed by atoms with Crippen molar-refractivity contribution >= 4 is 49.9 Å². The Morgan fingerprint density at radius 3 is 2.50 bits per heavy atom. The van der Waals surface area contributed by atoms with Gasteiger partial charge in [0.25, 0.3) is 5.56 Å². The Kier molecular flexibility index (Phi) is 6.40. The maximum atomic E-state index is 13.9. The maximum Gasteiger partial charge on any atom is 0.271 e. The summed E-state index contributed by atoms with van der Waals surface area (Å²) in [5.74, 6) is 1.18. The first kappa shape index (κ1) is 24.2. The van der Waals surface area contributed by atoms with E-state index in [0.717, 1.165) is 26.4 Å². The molecule has 1 aromatic heterocycles. The Labute approximate surface area is 220 Å². The van der Waals surface area contributed by atoms with Crippen LogP contribution in [0.3, 0.4) is 0 Å². The number of Topliss-reactive ketones (excluding diaryl/α,β-unsaturated/α-hetero) is 1. The molecule has 2 heterocycles. The van der Waals surface area contributed by atoms with Gasteiger partial charge < -0.3 is 9.47 Å². The van der Waals surface area contributed by atoms with Crippen LogP contribution in [0.4, 0.5) is 0 Å². The number of thiazole rings is 1. The summed E-state index contributed by atoms with van der Waals surface area (Å²) in [5.41, 5.74) is 2.49. The van der Waals surface area contributed by atoms with Crippen LogP contribution in [0.15, 0.2) is 80.1 Å². The van der Waals surface area contributed by atoms with Crippen LogP contribution in [0.2, 0.25) is 0 Å². The second kappa shape index (κ2) is 9.52. The van der Waals surface area contributed by atoms with E-state index in [1.807, 2.05) is 67.6 Å². The van der Waals surface area contributed by atoms with Gasteiger partial charge in [0, 0.05) is 16.8 Å². The lowest BCUT2D eigenvalue weighted by atomic mass is 9.89. The summed E-state index contributed by atoms with van der Waals surface area (Å²) >= 11 is 4.81. The summed E-state index contributed by atoms with van der Waals surface area (Å²) < 4.78 is 14.0. The highest BCUT2D eigenvalue weighted by atomic mass is 79.9. The van der Waals surface area contributed by atoms with Crippen molar-refractivity contribution < 1.29 is 14.3 Å². The Hall–Kier alpha value is -3.49. The fourth-order valence-electron chi connectivity index (χ4n) is 4.70. The fourth-order valence-corrected chi connectivity index (χ4v) is 6.31. The van der Waals surface area contributed by atoms with Gasteiger partial charge in [0.05, 0.1) is 29.3 Å². The number of allylic oxidation sites excluding steroid dienone is 2. The van der Waals surface area contributed by atoms with E-state index >= 15 is 0 Å². The van der Waals surface area contributed by atoms with E-state index in [0.29, 0.717) is 32.1 Å². The van der Waals surface area contributed by atoms with Crippen LogP contribution in [0, 0.1) is 0 Å². The van der Waals surface area contributed by atoms with Crippen LogP contribution >= 0.6 is 27.3 Å². The third-order valence-corrected chi connectivity index (χ3v) is 7.90. The number of hydrogen-bond acceptors (Lipinski definition) is 6. The summed E-state index contributed by atoms with van der Waals surface area (Å²) in [5, 5.41) is 1.92. The number of rotatable bonds is 5. The summed E-state index contributed by atoms with van der Waals surface area (Å²) in [4.78, 5) is 32.1. The maximum absolute atomic E-state index is 13.9. The highest BCUT2D eigenvalue weighted by Gasteiger charge is 2.33. The number of carbonyl (C=O) groups is 1. The monoisotopic (exact) mass is 562 g/mol. The quantitative estimate of drug-likeness (QED) is 0.351. The zero-order chi connectivity index (χ0) is 25.6. The normalized spacial score (nSPS) is 15.6. The minimum absolute atomic E-state index is 0.135. The van der Waals surface area contributed by atoms with E-state index in [2.05, 4.69) is 20.9 Å². The zero-order valence-electron chi connectivity index (χ0n) is 20.2. The molecule has 36 heavy (non-hydrogen) atoms. The molecule has 6 nitrogen and oxygen atoms in total. The van der Waals surface area contributed by atoms with Crippen LogP contribution in [-0.2, 0) is 4.79 Å². The summed E-state index contributed by atoms with van der Waals surface area (Å²) in [6.07, 6.45) is 1.83. The van der Waals surface area contributed by atoms with Gasteiger partial charge in [-0.3, -0.25) is 14.2 Å². The average Bonchev–Trinajstić information content (AvgIpc) is 3.16. The Balaban J connectivity index is 1.82. The molecule has 1 aliphatic rings. The lowest BCUT2D eigenvalue weighted by molar-refractivity contribution is -0.114. The molecule has 0 amide bonds. The SMILES string of the molecule is COc1ccc(/C=c2\sc3n(c2=O)C(c2c(OC)ccc4ccccc24)C(C(C)=O)=C(C)N=3)cc1Br. The summed E-state index contributed by atoms with van der Waals surface area (Å²) in [6, 6.07) is 16.7. The van der Waals surface area contributed by atoms with Gasteiger partial charge in [0.15, 0.2) is 10.6 Å². The second-order valence-electron chi connectivity index (χ2n) is 8.43. The van der Waals surface area contributed by atoms with Crippen molar-refractivity contribution in [1.82, 2.24) is 4.57 Å². The molecular formula is C28H23BrN2O4S. The number of ketones is 1. The highest BCUT2D eigenvalue weighted by Crippen LogP contribution is 2.40. The van der Waals surface area contributed by atoms with E-state index in [4.69, 9.17) is 9.47 Å². The molecule has 4 aromatic rings. The molecule has 0 saturated carbocycles. The van der Waals surface area contributed by atoms with Gasteiger partial charge in [-0.05, 0) is 70.4 Å². The van der Waals surface area contributed by atoms with E-state index in [1.165, 1.54) is 18.3 Å². The topological polar surface area (TPSA) is 69.9 Å². The van der Waals surface area contributed by atoms with Crippen molar-refractivity contribution in [2.24, 2.45) is 4.99 Å². The number of fused-ring (bicyclic) bond motifs is 2. The molecule has 1 aliphatic heterocycles. The molecule has 0 radical (unpaired) electrons. The number of halogens is 1. The van der Waals surface area contributed by atoms with Crippen LogP contribution in [0.1, 0.15) is 31.0 Å². The number of carbonyl (C=O) groups excluding carboxylic acids is 1. The van der Waals surface area contributed by atoms with Crippen molar-refractivity contribution in [2.75, 3.05) is 14.2 Å². The van der Waals surface area contributed by atoms with Gasteiger partial charge in [-0.15, -0.1) is 0 Å². The standard InChI is InChI=1S/C28H23BrN2O4S/c1-15-24(16(2)32)26(25-19-8-6-5-7-18(19)10-12-22(25)35-4)31-27(33)23(36-28(31)30-15)14-17-9-11-21(34-3)20(29)13-17/h5-14,26H,1-4H3/b23-14-. The Morgan fingerprint density at radius 1 is 1.08 bits per heavy atom. The van der Waals surface area contributed by atoms with Gasteiger partial charge >= 0.3 is 0 Å². The largest absolute Gasteiger partial charge is 0.496 e. The van der Waals surface area contributed by atoms with Crippen molar-refractivity contribution in [1.29, 1.82) is 0 Å². The molecule has 8 heteroatoms. The highest BCUT2D eigenvalue weighted by molar-refractivity contribution is 9.10. The van der Waals surface area contributed by atoms with Crippen molar-refractivity contribution in [2.45, 2.75) is 19.9 Å². The first-order valence-corrected chi connectivity index (χ1v) is 12.9. The zero-order valence-corrected chi connectivity index (χ0v) is 22.6. The van der Waals surface area contributed by atoms with Crippen molar-refractivity contribution in [3.8, 4) is 11.5 Å². The molecule has 182 valence electrons. The van der Waals surface area contributed by atoms with Crippen LogP contribution in [-0.4, -0.2) is 24.6 Å². The van der Waals surface area contributed by atoms with Gasteiger partial charge in [-0.2, -0.15) is 0 Å². The van der Waals surface area contributed by atoms with Gasteiger partial charge in [-0.1, -0.05) is 47.7 Å². The molecular weight excluding hydrogens is 540 g/mol. The summed E-state index contributed by atoms with van der Waals surface area (Å²) in [7, 11) is 3.21. The van der Waals surface area contributed by atoms with Crippen molar-refractivity contribution in [3.05, 3.63) is 101 Å². The smallest absolute Gasteiger partial charge is 0.271 e. The Bertz CT molecular complexity index is 1750. The van der Waals surface area contributed by atoms with Gasteiger partial charge in [0.2, 0.25) is 0 Å². The number of benzene rings is 3. The van der Waals surface area contributed by atoms with E-state index < -0.39 is 6.04 Å². The number of nitrogens with zero attached hydrogens (tertiary/aromatic N) is 2. The van der Waals surface area contributed by atoms with Gasteiger partial charge in [-0.25, -0.2) is 4.99 Å². The number of methoxy groups -OCH3 is 2. The minimum atomic E-state index is -0.662. The molecule has 0 N–H and O–H groups in total. The predicted molar refractivity (Wildman–Crippen MR) is 146 cm³/mol. The molecule has 5 rings (SSSR count). The van der Waals surface area contributed by atoms with E-state index in [1.54, 1.807) is 18.8 Å². The third kappa shape index (κ3) is 4.00. The van der Waals surface area contributed by atoms with E-state index in [-0.39, 0.29) is 11.3 Å². The van der Waals surface area contributed by atoms with Crippen molar-refractivity contribution in [3.63, 3.8) is 0 Å². The first-order valence-electron chi connectivity index (χ1n) is 11.3. The molecule has 1 unspecified atom stereocenters. The third-order valence-electron chi connectivity index (χ3n) is 6.30. The van der Waals surface area contributed by atoms with Crippen LogP contribution < -0.4 is 24.4 Å². The number of hydrogen-bond donors (Lipinski definition) is 0. The van der Waals surface area contributed by atoms with Gasteiger partial charge in [0.1, 0.15) is 11.5 Å². The molecule has 0 fully saturated rings. The predicted octanol–water partition coefficient (Wildman–Crippen LogP) is 4.76. The minimum Gasteiger partial charge on any atom is -0.496 e.